The van der Waals surface area contributed by atoms with E-state index in [1.165, 1.54) is 6.07 Å². The summed E-state index contributed by atoms with van der Waals surface area (Å²) >= 11 is 5.76. The van der Waals surface area contributed by atoms with E-state index in [0.717, 1.165) is 37.9 Å². The highest BCUT2D eigenvalue weighted by Gasteiger charge is 2.36. The number of benzene rings is 1. The first-order valence-electron chi connectivity index (χ1n) is 6.75. The van der Waals surface area contributed by atoms with Crippen LogP contribution < -0.4 is 5.32 Å². The van der Waals surface area contributed by atoms with Gasteiger partial charge in [-0.05, 0) is 50.0 Å². The van der Waals surface area contributed by atoms with Crippen LogP contribution in [0, 0.1) is 11.2 Å². The lowest BCUT2D eigenvalue weighted by molar-refractivity contribution is -0.129. The minimum atomic E-state index is -0.440. The molecule has 1 fully saturated rings. The van der Waals surface area contributed by atoms with Gasteiger partial charge in [0.05, 0.1) is 5.02 Å². The maximum absolute atomic E-state index is 13.1. The Morgan fingerprint density at radius 2 is 2.11 bits per heavy atom. The quantitative estimate of drug-likeness (QED) is 0.918. The molecule has 2 nitrogen and oxygen atoms in total. The van der Waals surface area contributed by atoms with Gasteiger partial charge >= 0.3 is 0 Å². The van der Waals surface area contributed by atoms with Crippen molar-refractivity contribution in [3.05, 3.63) is 34.6 Å². The molecule has 1 aliphatic rings. The van der Waals surface area contributed by atoms with Crippen LogP contribution in [0.1, 0.15) is 31.7 Å². The molecule has 1 aliphatic heterocycles. The molecule has 0 atom stereocenters. The first-order valence-corrected chi connectivity index (χ1v) is 7.13. The summed E-state index contributed by atoms with van der Waals surface area (Å²) in [6.45, 7) is 3.86. The Balaban J connectivity index is 2.12. The van der Waals surface area contributed by atoms with E-state index in [2.05, 4.69) is 12.2 Å². The summed E-state index contributed by atoms with van der Waals surface area (Å²) in [6.07, 6.45) is 2.98. The highest BCUT2D eigenvalue weighted by Crippen LogP contribution is 2.34. The highest BCUT2D eigenvalue weighted by atomic mass is 35.5. The molecule has 1 saturated heterocycles. The van der Waals surface area contributed by atoms with Crippen molar-refractivity contribution in [3.63, 3.8) is 0 Å². The van der Waals surface area contributed by atoms with Crippen LogP contribution in [0.3, 0.4) is 0 Å². The molecule has 1 heterocycles. The normalized spacial score (nSPS) is 18.3. The van der Waals surface area contributed by atoms with Crippen molar-refractivity contribution in [3.8, 4) is 0 Å². The van der Waals surface area contributed by atoms with Gasteiger partial charge in [-0.1, -0.05) is 24.6 Å². The number of hydrogen-bond donors (Lipinski definition) is 1. The molecule has 0 aliphatic carbocycles. The Hall–Kier alpha value is -0.930. The molecule has 2 rings (SSSR count). The fourth-order valence-corrected chi connectivity index (χ4v) is 2.96. The van der Waals surface area contributed by atoms with Gasteiger partial charge in [-0.25, -0.2) is 4.39 Å². The summed E-state index contributed by atoms with van der Waals surface area (Å²) in [5, 5.41) is 3.37. The number of Topliss-reactive ketones (excluding diaryl/α,β-unsaturated/α-hetero) is 1. The van der Waals surface area contributed by atoms with Crippen LogP contribution >= 0.6 is 11.6 Å². The van der Waals surface area contributed by atoms with Gasteiger partial charge in [-0.3, -0.25) is 4.79 Å². The number of rotatable bonds is 4. The minimum Gasteiger partial charge on any atom is -0.317 e. The molecular weight excluding hydrogens is 265 g/mol. The van der Waals surface area contributed by atoms with Crippen molar-refractivity contribution >= 4 is 17.4 Å². The molecule has 1 N–H and O–H groups in total. The van der Waals surface area contributed by atoms with E-state index in [4.69, 9.17) is 11.6 Å². The van der Waals surface area contributed by atoms with Gasteiger partial charge in [0.2, 0.25) is 0 Å². The van der Waals surface area contributed by atoms with Gasteiger partial charge in [0, 0.05) is 11.8 Å². The van der Waals surface area contributed by atoms with Crippen LogP contribution in [0.4, 0.5) is 4.39 Å². The number of ketones is 1. The van der Waals surface area contributed by atoms with Gasteiger partial charge in [0.25, 0.3) is 0 Å². The molecule has 19 heavy (non-hydrogen) atoms. The molecule has 0 unspecified atom stereocenters. The zero-order valence-corrected chi connectivity index (χ0v) is 11.9. The Labute approximate surface area is 118 Å². The number of carbonyl (C=O) groups is 1. The van der Waals surface area contributed by atoms with E-state index in [1.54, 1.807) is 12.1 Å². The summed E-state index contributed by atoms with van der Waals surface area (Å²) in [7, 11) is 0. The molecule has 0 radical (unpaired) electrons. The summed E-state index contributed by atoms with van der Waals surface area (Å²) in [6, 6.07) is 4.52. The molecule has 0 bridgehead atoms. The number of nitrogens with one attached hydrogen (secondary N) is 1. The second-order valence-corrected chi connectivity index (χ2v) is 5.64. The second-order valence-electron chi connectivity index (χ2n) is 5.23. The monoisotopic (exact) mass is 283 g/mol. The molecule has 4 heteroatoms. The smallest absolute Gasteiger partial charge is 0.143 e. The van der Waals surface area contributed by atoms with Crippen molar-refractivity contribution in [2.75, 3.05) is 13.1 Å². The number of carbonyl (C=O) groups excluding carboxylic acids is 1. The predicted octanol–water partition coefficient (Wildman–Crippen LogP) is 3.37. The molecule has 0 spiro atoms. The zero-order valence-electron chi connectivity index (χ0n) is 11.1. The largest absolute Gasteiger partial charge is 0.317 e. The lowest BCUT2D eigenvalue weighted by Crippen LogP contribution is -2.42. The van der Waals surface area contributed by atoms with Crippen molar-refractivity contribution < 1.29 is 9.18 Å². The average Bonchev–Trinajstić information content (AvgIpc) is 2.43. The van der Waals surface area contributed by atoms with Gasteiger partial charge < -0.3 is 5.32 Å². The SMILES string of the molecule is CCC1(C(=O)Cc2ccc(F)c(Cl)c2)CCNCC1. The summed E-state index contributed by atoms with van der Waals surface area (Å²) in [5.41, 5.74) is 0.578. The maximum Gasteiger partial charge on any atom is 0.143 e. The van der Waals surface area contributed by atoms with Crippen molar-refractivity contribution in [2.45, 2.75) is 32.6 Å². The Bertz CT molecular complexity index is 469. The third kappa shape index (κ3) is 3.15. The van der Waals surface area contributed by atoms with Crippen LogP contribution in [0.5, 0.6) is 0 Å². The first-order chi connectivity index (χ1) is 9.07. The molecular formula is C15H19ClFNO. The molecule has 104 valence electrons. The van der Waals surface area contributed by atoms with Crippen molar-refractivity contribution in [2.24, 2.45) is 5.41 Å². The summed E-state index contributed by atoms with van der Waals surface area (Å²) in [5.74, 6) is -0.191. The number of halogens is 2. The van der Waals surface area contributed by atoms with E-state index in [9.17, 15) is 9.18 Å². The van der Waals surface area contributed by atoms with E-state index in [0.29, 0.717) is 6.42 Å². The molecule has 0 aromatic heterocycles. The molecule has 1 aromatic rings. The zero-order chi connectivity index (χ0) is 13.9. The van der Waals surface area contributed by atoms with E-state index < -0.39 is 5.82 Å². The Kier molecular flexibility index (Phi) is 4.58. The summed E-state index contributed by atoms with van der Waals surface area (Å²) in [4.78, 5) is 12.6. The fourth-order valence-electron chi connectivity index (χ4n) is 2.76. The molecule has 0 saturated carbocycles. The molecule has 0 amide bonds. The number of piperidine rings is 1. The van der Waals surface area contributed by atoms with Crippen LogP contribution in [-0.4, -0.2) is 18.9 Å². The van der Waals surface area contributed by atoms with E-state index in [1.807, 2.05) is 0 Å². The van der Waals surface area contributed by atoms with Gasteiger partial charge in [0.1, 0.15) is 11.6 Å². The lowest BCUT2D eigenvalue weighted by atomic mass is 9.72. The highest BCUT2D eigenvalue weighted by molar-refractivity contribution is 6.30. The number of hydrogen-bond acceptors (Lipinski definition) is 2. The summed E-state index contributed by atoms with van der Waals surface area (Å²) < 4.78 is 13.1. The van der Waals surface area contributed by atoms with Gasteiger partial charge in [-0.15, -0.1) is 0 Å². The van der Waals surface area contributed by atoms with E-state index >= 15 is 0 Å². The first kappa shape index (κ1) is 14.5. The minimum absolute atomic E-state index is 0.0844. The van der Waals surface area contributed by atoms with Crippen molar-refractivity contribution in [1.82, 2.24) is 5.32 Å². The average molecular weight is 284 g/mol. The van der Waals surface area contributed by atoms with Gasteiger partial charge in [-0.2, -0.15) is 0 Å². The molecule has 1 aromatic carbocycles. The van der Waals surface area contributed by atoms with Crippen LogP contribution in [0.15, 0.2) is 18.2 Å². The van der Waals surface area contributed by atoms with E-state index in [-0.39, 0.29) is 16.2 Å². The van der Waals surface area contributed by atoms with Crippen LogP contribution in [-0.2, 0) is 11.2 Å². The predicted molar refractivity (Wildman–Crippen MR) is 74.9 cm³/mol. The third-order valence-electron chi connectivity index (χ3n) is 4.18. The topological polar surface area (TPSA) is 29.1 Å². The Morgan fingerprint density at radius 1 is 1.42 bits per heavy atom. The van der Waals surface area contributed by atoms with Crippen LogP contribution in [0.25, 0.3) is 0 Å². The fraction of sp³-hybridized carbons (Fsp3) is 0.533. The van der Waals surface area contributed by atoms with Crippen LogP contribution in [0.2, 0.25) is 5.02 Å². The maximum atomic E-state index is 13.1. The Morgan fingerprint density at radius 3 is 2.68 bits per heavy atom. The lowest BCUT2D eigenvalue weighted by Gasteiger charge is -2.35. The standard InChI is InChI=1S/C15H19ClFNO/c1-2-15(5-7-18-8-6-15)14(19)10-11-3-4-13(17)12(16)9-11/h3-4,9,18H,2,5-8,10H2,1H3. The van der Waals surface area contributed by atoms with Crippen molar-refractivity contribution in [1.29, 1.82) is 0 Å². The third-order valence-corrected chi connectivity index (χ3v) is 4.47. The van der Waals surface area contributed by atoms with Gasteiger partial charge in [0.15, 0.2) is 0 Å². The second kappa shape index (κ2) is 6.02.